The molecule has 0 amide bonds. The van der Waals surface area contributed by atoms with E-state index in [0.717, 1.165) is 49.2 Å². The normalized spacial score (nSPS) is 10.3. The molecule has 0 saturated carbocycles. The van der Waals surface area contributed by atoms with E-state index in [2.05, 4.69) is 0 Å². The van der Waals surface area contributed by atoms with Gasteiger partial charge in [-0.25, -0.2) is 47.9 Å². The second kappa shape index (κ2) is 46.0. The van der Waals surface area contributed by atoms with Gasteiger partial charge in [-0.3, -0.25) is 0 Å². The minimum Gasteiger partial charge on any atom is -0.508 e. The first-order chi connectivity index (χ1) is 68.9. The van der Waals surface area contributed by atoms with Crippen molar-refractivity contribution in [2.75, 3.05) is 0 Å². The van der Waals surface area contributed by atoms with Crippen LogP contribution in [0.4, 0.5) is 0 Å². The molecule has 0 saturated heterocycles. The van der Waals surface area contributed by atoms with Gasteiger partial charge in [0.15, 0.2) is 0 Å². The van der Waals surface area contributed by atoms with Crippen molar-refractivity contribution in [2.45, 2.75) is 0 Å². The molecule has 730 valence electrons. The van der Waals surface area contributed by atoms with Crippen LogP contribution in [0.2, 0.25) is 0 Å². The Hall–Kier alpha value is -21.3. The molecule has 20 aromatic rings. The van der Waals surface area contributed by atoms with Gasteiger partial charge >= 0.3 is 59.7 Å². The van der Waals surface area contributed by atoms with E-state index in [1.807, 2.05) is 18.2 Å². The monoisotopic (exact) mass is 1960 g/mol. The molecule has 0 aliphatic heterocycles. The molecule has 20 rings (SSSR count). The van der Waals surface area contributed by atoms with Gasteiger partial charge in [-0.05, 0) is 228 Å². The molecule has 145 heavy (non-hydrogen) atoms. The highest BCUT2D eigenvalue weighted by molar-refractivity contribution is 6.08. The topological polar surface area (TPSA) is 676 Å². The summed E-state index contributed by atoms with van der Waals surface area (Å²) in [5.74, 6) is -13.3. The quantitative estimate of drug-likeness (QED) is 0.0565. The smallest absolute Gasteiger partial charge is 0.343 e. The zero-order valence-corrected chi connectivity index (χ0v) is 74.5. The third kappa shape index (κ3) is 25.5. The third-order valence-corrected chi connectivity index (χ3v) is 21.5. The predicted molar refractivity (Wildman–Crippen MR) is 534 cm³/mol. The largest absolute Gasteiger partial charge is 0.508 e. The Morgan fingerprint density at radius 3 is 1.02 bits per heavy atom. The second-order valence-electron chi connectivity index (χ2n) is 30.9. The van der Waals surface area contributed by atoms with E-state index in [9.17, 15) is 125 Å². The van der Waals surface area contributed by atoms with Crippen LogP contribution < -0.4 is 0 Å². The van der Waals surface area contributed by atoms with Crippen molar-refractivity contribution in [2.24, 2.45) is 0 Å². The molecule has 0 aromatic heterocycles. The molecule has 0 radical (unpaired) electrons. The van der Waals surface area contributed by atoms with E-state index in [4.69, 9.17) is 51.1 Å². The summed E-state index contributed by atoms with van der Waals surface area (Å²) in [7, 11) is 0. The van der Waals surface area contributed by atoms with E-state index >= 15 is 0 Å². The summed E-state index contributed by atoms with van der Waals surface area (Å²) in [5, 5.41) is 242. The highest BCUT2D eigenvalue weighted by Gasteiger charge is 2.22. The molecule has 0 fully saturated rings. The Kier molecular flexibility index (Phi) is 33.1. The predicted octanol–water partition coefficient (Wildman–Crippen LogP) is 21.0. The number of phenolic OH excluding ortho intramolecular Hbond substituents is 8. The number of aromatic hydroxyl groups is 15. The first-order valence-corrected chi connectivity index (χ1v) is 42.0. The van der Waals surface area contributed by atoms with Gasteiger partial charge < -0.3 is 128 Å². The molecule has 0 heterocycles. The Balaban J connectivity index is 0.000000153. The van der Waals surface area contributed by atoms with Crippen molar-refractivity contribution in [3.8, 4) is 86.2 Å². The van der Waals surface area contributed by atoms with Crippen molar-refractivity contribution in [3.63, 3.8) is 0 Å². The Bertz CT molecular complexity index is 8460. The number of aromatic carboxylic acids is 10. The lowest BCUT2D eigenvalue weighted by atomic mass is 10.0. The highest BCUT2D eigenvalue weighted by atomic mass is 16.4. The maximum Gasteiger partial charge on any atom is 0.343 e. The lowest BCUT2D eigenvalue weighted by Gasteiger charge is -2.06. The number of carbonyl (C=O) groups is 10. The SMILES string of the molecule is O=C(O)c1c(O)cc2ccccc2c1O.O=C(O)c1cc(O)c2ccccc2c1.O=C(O)c1cc(O)c2ccccc2c1O.O=C(O)c1cc2ccccc2cc1O.O=C(O)c1ccc2c(O)cccc2c1.O=C(O)c1ccc2cc(O)ccc2c1.O=C(O)c1ccc2cc(O)ccc2c1O.O=C(O)c1ccc2ccc(O)cc2c1.O=C(O)c1ccc2ccc(O)cc2c1O.O=C(O)c1ccc2cccc(O)c2c1O. The fourth-order valence-electron chi connectivity index (χ4n) is 14.4. The van der Waals surface area contributed by atoms with Crippen molar-refractivity contribution in [3.05, 3.63) is 389 Å². The summed E-state index contributed by atoms with van der Waals surface area (Å²) >= 11 is 0. The fraction of sp³-hybridized carbons (Fsp3) is 0. The van der Waals surface area contributed by atoms with Gasteiger partial charge in [0.25, 0.3) is 0 Å². The molecular weight excluding hydrogens is 1880 g/mol. The fourth-order valence-corrected chi connectivity index (χ4v) is 14.4. The van der Waals surface area contributed by atoms with Crippen molar-refractivity contribution < 1.29 is 176 Å². The summed E-state index contributed by atoms with van der Waals surface area (Å²) in [5.41, 5.74) is -0.565. The molecule has 35 heteroatoms. The van der Waals surface area contributed by atoms with Crippen LogP contribution >= 0.6 is 0 Å². The first-order valence-electron chi connectivity index (χ1n) is 42.0. The molecule has 0 aliphatic carbocycles. The third-order valence-electron chi connectivity index (χ3n) is 21.5. The number of carboxylic acids is 10. The van der Waals surface area contributed by atoms with Crippen molar-refractivity contribution >= 4 is 167 Å². The number of phenols is 15. The molecule has 20 aromatic carbocycles. The number of carboxylic acid groups (broad SMARTS) is 10. The summed E-state index contributed by atoms with van der Waals surface area (Å²) in [6.45, 7) is 0. The van der Waals surface area contributed by atoms with Crippen LogP contribution in [0.25, 0.3) is 108 Å². The van der Waals surface area contributed by atoms with Gasteiger partial charge in [-0.15, -0.1) is 0 Å². The standard InChI is InChI=1S/5C11H8O4.5C11H8O3/c12-7-2-4-8-6(5-7)1-3-9(10(8)13)11(14)15;12-7-3-1-6-2-4-8(11(14)15)10(13)9(6)5-7;12-8-3-1-2-6-4-5-7(11(14)15)10(13)9(6)8;12-9-5-8(11(14)15)10(13)7-4-2-1-3-6(7)9;12-8-5-6-3-1-2-4-7(6)10(13)9(8)11(14)15;12-10-4-3-7-5-9(11(13)14)2-1-8(7)6-10;12-10-4-3-7-1-2-8(11(13)14)5-9(7)6-10;12-10-3-1-2-7-6-8(11(13)14)4-5-9(7)10;12-10-6-8(11(13)14)5-7-3-1-2-4-9(7)10;12-10-6-8-4-2-1-3-7(8)5-9(10)11(13)14/h5*1-5,12-13H,(H,14,15);5*1-6,12H,(H,13,14). The van der Waals surface area contributed by atoms with Gasteiger partial charge in [0.2, 0.25) is 0 Å². The van der Waals surface area contributed by atoms with Crippen LogP contribution in [-0.2, 0) is 0 Å². The molecule has 35 nitrogen and oxygen atoms in total. The Morgan fingerprint density at radius 1 is 0.145 bits per heavy atom. The van der Waals surface area contributed by atoms with Crippen LogP contribution in [0.15, 0.2) is 334 Å². The van der Waals surface area contributed by atoms with Crippen molar-refractivity contribution in [1.29, 1.82) is 0 Å². The van der Waals surface area contributed by atoms with Crippen LogP contribution in [0, 0.1) is 0 Å². The second-order valence-corrected chi connectivity index (χ2v) is 30.9. The minimum absolute atomic E-state index is 0.000463. The average molecular weight is 1960 g/mol. The van der Waals surface area contributed by atoms with E-state index < -0.39 is 82.5 Å². The average Bonchev–Trinajstić information content (AvgIpc) is 0.786. The van der Waals surface area contributed by atoms with Gasteiger partial charge in [-0.2, -0.15) is 0 Å². The number of hydrogen-bond donors (Lipinski definition) is 25. The lowest BCUT2D eigenvalue weighted by molar-refractivity contribution is 0.0679. The maximum atomic E-state index is 10.8. The van der Waals surface area contributed by atoms with Crippen LogP contribution in [-0.4, -0.2) is 187 Å². The zero-order valence-electron chi connectivity index (χ0n) is 74.5. The summed E-state index contributed by atoms with van der Waals surface area (Å²) in [4.78, 5) is 107. The van der Waals surface area contributed by atoms with E-state index in [-0.39, 0.29) is 124 Å². The van der Waals surface area contributed by atoms with Gasteiger partial charge in [0.1, 0.15) is 120 Å². The minimum atomic E-state index is -1.35. The molecule has 0 bridgehead atoms. The molecule has 0 aliphatic rings. The Morgan fingerprint density at radius 2 is 0.469 bits per heavy atom. The number of benzene rings is 20. The molecule has 0 spiro atoms. The summed E-state index contributed by atoms with van der Waals surface area (Å²) in [6, 6.07) is 86.6. The van der Waals surface area contributed by atoms with E-state index in [1.165, 1.54) is 127 Å². The molecule has 0 atom stereocenters. The summed E-state index contributed by atoms with van der Waals surface area (Å²) < 4.78 is 0. The number of rotatable bonds is 10. The van der Waals surface area contributed by atoms with Gasteiger partial charge in [0, 0.05) is 37.7 Å². The van der Waals surface area contributed by atoms with E-state index in [1.54, 1.807) is 182 Å². The number of fused-ring (bicyclic) bond motifs is 10. The zero-order chi connectivity index (χ0) is 106. The first kappa shape index (κ1) is 104. The van der Waals surface area contributed by atoms with Crippen molar-refractivity contribution in [1.82, 2.24) is 0 Å². The van der Waals surface area contributed by atoms with Crippen LogP contribution in [0.5, 0.6) is 86.2 Å². The number of hydrogen-bond acceptors (Lipinski definition) is 25. The lowest BCUT2D eigenvalue weighted by Crippen LogP contribution is -1.97. The van der Waals surface area contributed by atoms with Gasteiger partial charge in [0.05, 0.1) is 27.6 Å². The molecular formula is C110H80O35. The van der Waals surface area contributed by atoms with Crippen LogP contribution in [0.1, 0.15) is 104 Å². The summed E-state index contributed by atoms with van der Waals surface area (Å²) in [6.07, 6.45) is 0. The molecule has 25 N–H and O–H groups in total. The Labute approximate surface area is 814 Å². The van der Waals surface area contributed by atoms with Gasteiger partial charge in [-0.1, -0.05) is 170 Å². The van der Waals surface area contributed by atoms with Crippen LogP contribution in [0.3, 0.4) is 0 Å². The highest BCUT2D eigenvalue weighted by Crippen LogP contribution is 2.41. The maximum absolute atomic E-state index is 10.8. The van der Waals surface area contributed by atoms with E-state index in [0.29, 0.717) is 59.2 Å². The molecule has 0 unspecified atom stereocenters.